The fourth-order valence-corrected chi connectivity index (χ4v) is 4.11. The summed E-state index contributed by atoms with van der Waals surface area (Å²) in [4.78, 5) is 12.3. The van der Waals surface area contributed by atoms with E-state index in [-0.39, 0.29) is 23.7 Å². The van der Waals surface area contributed by atoms with Crippen molar-refractivity contribution in [2.45, 2.75) is 46.5 Å². The molecule has 3 atom stereocenters. The molecule has 2 aliphatic rings. The summed E-state index contributed by atoms with van der Waals surface area (Å²) in [6.45, 7) is 6.88. The Balaban J connectivity index is 2.29. The molecule has 2 rings (SSSR count). The summed E-state index contributed by atoms with van der Waals surface area (Å²) in [5.74, 6) is 1.76. The quantitative estimate of drug-likeness (QED) is 0.800. The van der Waals surface area contributed by atoms with Crippen LogP contribution in [0.3, 0.4) is 0 Å². The van der Waals surface area contributed by atoms with Crippen LogP contribution in [0, 0.1) is 23.2 Å². The van der Waals surface area contributed by atoms with Crippen molar-refractivity contribution in [3.05, 3.63) is 11.6 Å². The highest BCUT2D eigenvalue weighted by molar-refractivity contribution is 5.93. The monoisotopic (exact) mass is 236 g/mol. The molecule has 2 heteroatoms. The zero-order valence-corrected chi connectivity index (χ0v) is 11.2. The van der Waals surface area contributed by atoms with E-state index in [1.807, 2.05) is 0 Å². The normalized spacial score (nSPS) is 37.9. The van der Waals surface area contributed by atoms with Crippen molar-refractivity contribution >= 4 is 5.78 Å². The molecule has 0 saturated heterocycles. The molecule has 1 fully saturated rings. The molecule has 2 aliphatic carbocycles. The Morgan fingerprint density at radius 1 is 1.47 bits per heavy atom. The van der Waals surface area contributed by atoms with E-state index in [2.05, 4.69) is 20.8 Å². The second-order valence-electron chi connectivity index (χ2n) is 6.35. The van der Waals surface area contributed by atoms with Crippen molar-refractivity contribution in [3.63, 3.8) is 0 Å². The van der Waals surface area contributed by atoms with Crippen LogP contribution in [0.15, 0.2) is 11.6 Å². The maximum absolute atomic E-state index is 12.3. The molecule has 0 bridgehead atoms. The highest BCUT2D eigenvalue weighted by Crippen LogP contribution is 2.55. The van der Waals surface area contributed by atoms with Gasteiger partial charge in [0.25, 0.3) is 0 Å². The number of hydrogen-bond acceptors (Lipinski definition) is 2. The third kappa shape index (κ3) is 2.08. The summed E-state index contributed by atoms with van der Waals surface area (Å²) in [6.07, 6.45) is 5.88. The minimum atomic E-state index is 0.0425. The second-order valence-corrected chi connectivity index (χ2v) is 6.35. The van der Waals surface area contributed by atoms with E-state index in [0.29, 0.717) is 11.8 Å². The van der Waals surface area contributed by atoms with E-state index in [0.717, 1.165) is 24.8 Å². The number of ketones is 1. The van der Waals surface area contributed by atoms with Crippen LogP contribution in [0.1, 0.15) is 46.5 Å². The van der Waals surface area contributed by atoms with E-state index in [1.54, 1.807) is 6.08 Å². The highest BCUT2D eigenvalue weighted by atomic mass is 16.3. The first-order chi connectivity index (χ1) is 7.99. The van der Waals surface area contributed by atoms with Gasteiger partial charge in [-0.25, -0.2) is 0 Å². The second kappa shape index (κ2) is 4.56. The van der Waals surface area contributed by atoms with Crippen LogP contribution in [0.25, 0.3) is 0 Å². The molecule has 0 heterocycles. The summed E-state index contributed by atoms with van der Waals surface area (Å²) in [5, 5.41) is 9.24. The lowest BCUT2D eigenvalue weighted by Gasteiger charge is -2.37. The molecule has 0 aliphatic heterocycles. The highest BCUT2D eigenvalue weighted by Gasteiger charge is 2.50. The van der Waals surface area contributed by atoms with Gasteiger partial charge in [-0.3, -0.25) is 4.79 Å². The van der Waals surface area contributed by atoms with Crippen molar-refractivity contribution in [2.24, 2.45) is 23.2 Å². The Labute approximate surface area is 104 Å². The number of allylic oxidation sites excluding steroid dienone is 1. The first kappa shape index (κ1) is 12.8. The Hall–Kier alpha value is -0.630. The largest absolute Gasteiger partial charge is 0.392 e. The van der Waals surface area contributed by atoms with Crippen LogP contribution >= 0.6 is 0 Å². The van der Waals surface area contributed by atoms with Crippen molar-refractivity contribution in [2.75, 3.05) is 6.61 Å². The topological polar surface area (TPSA) is 37.3 Å². The van der Waals surface area contributed by atoms with Crippen molar-refractivity contribution < 1.29 is 9.90 Å². The average molecular weight is 236 g/mol. The first-order valence-electron chi connectivity index (χ1n) is 6.83. The third-order valence-corrected chi connectivity index (χ3v) is 5.09. The van der Waals surface area contributed by atoms with E-state index in [1.165, 1.54) is 6.42 Å². The average Bonchev–Trinajstić information content (AvgIpc) is 2.56. The van der Waals surface area contributed by atoms with Crippen LogP contribution in [-0.4, -0.2) is 17.5 Å². The molecule has 0 aromatic heterocycles. The number of aliphatic hydroxyl groups is 1. The standard InChI is InChI=1S/C15H24O2/c1-10(2)12-4-5-13-14(17)8-11(9-16)6-7-15(12,13)3/h8,10,12-13,16H,4-7,9H2,1-3H3/t12-,13-,15-/m1/s1. The first-order valence-corrected chi connectivity index (χ1v) is 6.83. The zero-order valence-electron chi connectivity index (χ0n) is 11.2. The van der Waals surface area contributed by atoms with Gasteiger partial charge in [0, 0.05) is 5.92 Å². The van der Waals surface area contributed by atoms with Crippen molar-refractivity contribution in [1.82, 2.24) is 0 Å². The minimum absolute atomic E-state index is 0.0425. The van der Waals surface area contributed by atoms with Gasteiger partial charge in [-0.2, -0.15) is 0 Å². The van der Waals surface area contributed by atoms with E-state index < -0.39 is 0 Å². The Morgan fingerprint density at radius 3 is 2.76 bits per heavy atom. The molecule has 0 spiro atoms. The Morgan fingerprint density at radius 2 is 2.18 bits per heavy atom. The van der Waals surface area contributed by atoms with E-state index in [9.17, 15) is 9.90 Å². The number of hydrogen-bond donors (Lipinski definition) is 1. The van der Waals surface area contributed by atoms with Gasteiger partial charge in [-0.05, 0) is 54.6 Å². The molecule has 17 heavy (non-hydrogen) atoms. The van der Waals surface area contributed by atoms with Crippen LogP contribution in [0.4, 0.5) is 0 Å². The molecule has 0 aromatic carbocycles. The summed E-state index contributed by atoms with van der Waals surface area (Å²) < 4.78 is 0. The fraction of sp³-hybridized carbons (Fsp3) is 0.800. The number of rotatable bonds is 2. The van der Waals surface area contributed by atoms with Gasteiger partial charge in [0.1, 0.15) is 0 Å². The van der Waals surface area contributed by atoms with Gasteiger partial charge in [-0.1, -0.05) is 20.8 Å². The molecule has 96 valence electrons. The lowest BCUT2D eigenvalue weighted by atomic mass is 9.66. The molecule has 0 unspecified atom stereocenters. The molecule has 0 radical (unpaired) electrons. The number of aliphatic hydroxyl groups excluding tert-OH is 1. The summed E-state index contributed by atoms with van der Waals surface area (Å²) >= 11 is 0. The molecule has 1 N–H and O–H groups in total. The van der Waals surface area contributed by atoms with Crippen molar-refractivity contribution in [3.8, 4) is 0 Å². The maximum atomic E-state index is 12.3. The van der Waals surface area contributed by atoms with E-state index >= 15 is 0 Å². The minimum Gasteiger partial charge on any atom is -0.392 e. The summed E-state index contributed by atoms with van der Waals surface area (Å²) in [6, 6.07) is 0. The zero-order chi connectivity index (χ0) is 12.6. The number of carbonyl (C=O) groups is 1. The van der Waals surface area contributed by atoms with Gasteiger partial charge in [0.05, 0.1) is 6.61 Å². The van der Waals surface area contributed by atoms with Crippen molar-refractivity contribution in [1.29, 1.82) is 0 Å². The fourth-order valence-electron chi connectivity index (χ4n) is 4.11. The number of fused-ring (bicyclic) bond motifs is 1. The predicted molar refractivity (Wildman–Crippen MR) is 68.6 cm³/mol. The molecule has 1 saturated carbocycles. The van der Waals surface area contributed by atoms with E-state index in [4.69, 9.17) is 0 Å². The lowest BCUT2D eigenvalue weighted by molar-refractivity contribution is -0.121. The molecule has 2 nitrogen and oxygen atoms in total. The van der Waals surface area contributed by atoms with Crippen LogP contribution < -0.4 is 0 Å². The van der Waals surface area contributed by atoms with Gasteiger partial charge >= 0.3 is 0 Å². The summed E-state index contributed by atoms with van der Waals surface area (Å²) in [5.41, 5.74) is 1.08. The Kier molecular flexibility index (Phi) is 3.44. The van der Waals surface area contributed by atoms with Gasteiger partial charge in [0.2, 0.25) is 0 Å². The van der Waals surface area contributed by atoms with Crippen LogP contribution in [-0.2, 0) is 4.79 Å². The SMILES string of the molecule is CC(C)[C@H]1CC[C@@H]2C(=O)C=C(CO)CC[C@@]21C. The third-order valence-electron chi connectivity index (χ3n) is 5.09. The van der Waals surface area contributed by atoms with Gasteiger partial charge < -0.3 is 5.11 Å². The molecule has 0 aromatic rings. The van der Waals surface area contributed by atoms with Gasteiger partial charge in [0.15, 0.2) is 5.78 Å². The van der Waals surface area contributed by atoms with Crippen LogP contribution in [0.2, 0.25) is 0 Å². The Bertz CT molecular complexity index is 343. The lowest BCUT2D eigenvalue weighted by Crippen LogP contribution is -2.34. The number of carbonyl (C=O) groups excluding carboxylic acids is 1. The summed E-state index contributed by atoms with van der Waals surface area (Å²) in [7, 11) is 0. The van der Waals surface area contributed by atoms with Crippen LogP contribution in [0.5, 0.6) is 0 Å². The molecular weight excluding hydrogens is 212 g/mol. The smallest absolute Gasteiger partial charge is 0.159 e. The van der Waals surface area contributed by atoms with Gasteiger partial charge in [-0.15, -0.1) is 0 Å². The molecular formula is C15H24O2. The molecule has 0 amide bonds. The maximum Gasteiger partial charge on any atom is 0.159 e. The predicted octanol–water partition coefficient (Wildman–Crippen LogP) is 2.96.